The molecule has 3 heterocycles. The first-order valence-corrected chi connectivity index (χ1v) is 14.7. The Morgan fingerprint density at radius 3 is 2.77 bits per heavy atom. The Morgan fingerprint density at radius 2 is 2.10 bits per heavy atom. The molecule has 6 atom stereocenters. The molecule has 1 fully saturated rings. The van der Waals surface area contributed by atoms with E-state index in [0.29, 0.717) is 5.75 Å². The summed E-state index contributed by atoms with van der Waals surface area (Å²) in [5.41, 5.74) is 4.73. The van der Waals surface area contributed by atoms with Crippen LogP contribution in [-0.4, -0.2) is 66.7 Å². The van der Waals surface area contributed by atoms with Gasteiger partial charge < -0.3 is 29.4 Å². The van der Waals surface area contributed by atoms with Crippen LogP contribution >= 0.6 is 18.2 Å². The maximum atomic E-state index is 15.6. The Kier molecular flexibility index (Phi) is 8.61. The molecular formula is C22H27ClFN6O7PS. The molecule has 13 nitrogen and oxygen atoms in total. The predicted molar refractivity (Wildman–Crippen MR) is 143 cm³/mol. The maximum absolute atomic E-state index is 15.6. The third-order valence-corrected chi connectivity index (χ3v) is 8.43. The molecule has 1 aromatic carbocycles. The van der Waals surface area contributed by atoms with Gasteiger partial charge in [0.25, 0.3) is 10.7 Å². The summed E-state index contributed by atoms with van der Waals surface area (Å²) in [6, 6.07) is 7.54. The fraction of sp³-hybridized carbons (Fsp3) is 0.455. The summed E-state index contributed by atoms with van der Waals surface area (Å²) < 4.78 is 39.4. The molecule has 4 rings (SSSR count). The number of halogens is 2. The molecule has 5 N–H and O–H groups in total. The van der Waals surface area contributed by atoms with E-state index < -0.39 is 54.4 Å². The Morgan fingerprint density at radius 1 is 1.41 bits per heavy atom. The number of nitrogen functional groups attached to an aromatic ring is 1. The van der Waals surface area contributed by atoms with Gasteiger partial charge in [-0.3, -0.25) is 19.1 Å². The van der Waals surface area contributed by atoms with Crippen LogP contribution < -0.4 is 20.9 Å². The lowest BCUT2D eigenvalue weighted by molar-refractivity contribution is -0.149. The zero-order valence-corrected chi connectivity index (χ0v) is 23.5. The van der Waals surface area contributed by atoms with Gasteiger partial charge in [0.05, 0.1) is 19.0 Å². The molecule has 2 aromatic heterocycles. The van der Waals surface area contributed by atoms with Crippen LogP contribution in [0.25, 0.3) is 11.2 Å². The molecule has 0 saturated carbocycles. The molecule has 0 amide bonds. The lowest BCUT2D eigenvalue weighted by Gasteiger charge is -2.28. The van der Waals surface area contributed by atoms with Gasteiger partial charge in [-0.15, -0.1) is 0 Å². The van der Waals surface area contributed by atoms with Gasteiger partial charge in [0.2, 0.25) is 5.95 Å². The summed E-state index contributed by atoms with van der Waals surface area (Å²) in [6.07, 6.45) is -4.20. The molecule has 17 heteroatoms. The number of hydrogen-bond donors (Lipinski definition) is 4. The number of aromatic amines is 1. The molecular weight excluding hydrogens is 578 g/mol. The van der Waals surface area contributed by atoms with E-state index in [1.807, 2.05) is 0 Å². The van der Waals surface area contributed by atoms with Crippen molar-refractivity contribution in [3.05, 3.63) is 47.0 Å². The number of imidazole rings is 1. The van der Waals surface area contributed by atoms with Crippen LogP contribution in [-0.2, 0) is 30.6 Å². The zero-order chi connectivity index (χ0) is 28.5. The number of H-pyrrole nitrogens is 1. The van der Waals surface area contributed by atoms with Gasteiger partial charge in [-0.25, -0.2) is 14.5 Å². The lowest BCUT2D eigenvalue weighted by Crippen LogP contribution is -2.40. The highest BCUT2D eigenvalue weighted by atomic mass is 35.5. The molecule has 39 heavy (non-hydrogen) atoms. The number of nitrogens with zero attached hydrogens (tertiary/aromatic N) is 3. The molecule has 0 unspecified atom stereocenters. The topological polar surface area (TPSA) is 176 Å². The first-order chi connectivity index (χ1) is 18.3. The van der Waals surface area contributed by atoms with Gasteiger partial charge in [0, 0.05) is 0 Å². The van der Waals surface area contributed by atoms with Crippen molar-refractivity contribution in [2.45, 2.75) is 56.5 Å². The van der Waals surface area contributed by atoms with Crippen molar-refractivity contribution in [3.63, 3.8) is 0 Å². The van der Waals surface area contributed by atoms with E-state index in [1.54, 1.807) is 44.2 Å². The molecule has 212 valence electrons. The number of aliphatic hydroxyl groups excluding tert-OH is 1. The Labute approximate surface area is 232 Å². The number of alkyl halides is 2. The van der Waals surface area contributed by atoms with Crippen molar-refractivity contribution >= 4 is 53.1 Å². The second kappa shape index (κ2) is 11.5. The van der Waals surface area contributed by atoms with Gasteiger partial charge in [-0.2, -0.15) is 4.98 Å². The quantitative estimate of drug-likeness (QED) is 0.151. The zero-order valence-electron chi connectivity index (χ0n) is 21.0. The van der Waals surface area contributed by atoms with E-state index in [2.05, 4.69) is 20.0 Å². The summed E-state index contributed by atoms with van der Waals surface area (Å²) in [4.78, 5) is 34.7. The van der Waals surface area contributed by atoms with E-state index >= 15 is 4.39 Å². The number of fused-ring (bicyclic) bond motifs is 1. The minimum Gasteiger partial charge on any atom is -0.462 e. The predicted octanol–water partition coefficient (Wildman–Crippen LogP) is 2.11. The van der Waals surface area contributed by atoms with Crippen LogP contribution in [0.2, 0.25) is 0 Å². The molecule has 0 bridgehead atoms. The number of aliphatic hydroxyl groups is 1. The third kappa shape index (κ3) is 6.40. The summed E-state index contributed by atoms with van der Waals surface area (Å²) in [5.74, 6) is -0.477. The second-order valence-corrected chi connectivity index (χ2v) is 12.7. The highest BCUT2D eigenvalue weighted by molar-refractivity contribution is 8.09. The molecule has 0 spiro atoms. The van der Waals surface area contributed by atoms with E-state index in [4.69, 9.17) is 47.7 Å². The van der Waals surface area contributed by atoms with E-state index in [9.17, 15) is 14.7 Å². The van der Waals surface area contributed by atoms with Gasteiger partial charge in [0.1, 0.15) is 24.0 Å². The third-order valence-electron chi connectivity index (χ3n) is 5.52. The molecule has 3 aromatic rings. The van der Waals surface area contributed by atoms with Crippen molar-refractivity contribution in [3.8, 4) is 5.75 Å². The van der Waals surface area contributed by atoms with Crippen molar-refractivity contribution in [1.29, 1.82) is 0 Å². The lowest BCUT2D eigenvalue weighted by atomic mass is 10.1. The minimum absolute atomic E-state index is 0.102. The summed E-state index contributed by atoms with van der Waals surface area (Å²) >= 11 is 11.7. The SMILES string of the molecule is CC(C)OC(=O)[C@H](C)N[P@@](=S)(OC[C@H]1O[C@@H](n2cnc3c(=O)[nH]c(N)nc32)[C@](F)(Cl)[C@@H]1O)Oc1ccccc1. The Bertz CT molecular complexity index is 1440. The van der Waals surface area contributed by atoms with E-state index in [-0.39, 0.29) is 23.2 Å². The van der Waals surface area contributed by atoms with Crippen LogP contribution in [0.3, 0.4) is 0 Å². The van der Waals surface area contributed by atoms with Crippen molar-refractivity contribution < 1.29 is 32.8 Å². The average molecular weight is 605 g/mol. The van der Waals surface area contributed by atoms with Gasteiger partial charge in [0.15, 0.2) is 17.4 Å². The van der Waals surface area contributed by atoms with Crippen molar-refractivity contribution in [2.75, 3.05) is 12.3 Å². The van der Waals surface area contributed by atoms with Crippen molar-refractivity contribution in [2.24, 2.45) is 0 Å². The summed E-state index contributed by atoms with van der Waals surface area (Å²) in [7, 11) is 0. The maximum Gasteiger partial charge on any atom is 0.323 e. The number of benzene rings is 1. The minimum atomic E-state index is -3.52. The fourth-order valence-corrected chi connectivity index (χ4v) is 6.44. The normalized spacial score (nSPS) is 25.5. The number of hydrogen-bond acceptors (Lipinski definition) is 11. The Hall–Kier alpha value is -2.65. The number of ether oxygens (including phenoxy) is 2. The molecule has 1 aliphatic heterocycles. The van der Waals surface area contributed by atoms with Crippen LogP contribution in [0.5, 0.6) is 5.75 Å². The van der Waals surface area contributed by atoms with E-state index in [1.165, 1.54) is 6.92 Å². The summed E-state index contributed by atoms with van der Waals surface area (Å²) in [5, 5.41) is 10.7. The summed E-state index contributed by atoms with van der Waals surface area (Å²) in [6.45, 7) is 0.925. The van der Waals surface area contributed by atoms with Gasteiger partial charge in [-0.1, -0.05) is 29.8 Å². The van der Waals surface area contributed by atoms with Gasteiger partial charge >= 0.3 is 12.6 Å². The molecule has 0 aliphatic carbocycles. The van der Waals surface area contributed by atoms with Crippen LogP contribution in [0, 0.1) is 0 Å². The fourth-order valence-electron chi connectivity index (χ4n) is 3.73. The number of carbonyl (C=O) groups is 1. The first-order valence-electron chi connectivity index (χ1n) is 11.7. The number of nitrogens with two attached hydrogens (primary N) is 1. The monoisotopic (exact) mass is 604 g/mol. The highest BCUT2D eigenvalue weighted by Crippen LogP contribution is 2.49. The number of nitrogens with one attached hydrogen (secondary N) is 2. The number of rotatable bonds is 10. The molecule has 1 saturated heterocycles. The number of anilines is 1. The second-order valence-electron chi connectivity index (χ2n) is 8.96. The number of esters is 1. The van der Waals surface area contributed by atoms with Crippen LogP contribution in [0.4, 0.5) is 10.3 Å². The van der Waals surface area contributed by atoms with E-state index in [0.717, 1.165) is 10.9 Å². The number of aromatic nitrogens is 4. The smallest absolute Gasteiger partial charge is 0.323 e. The molecule has 0 radical (unpaired) electrons. The largest absolute Gasteiger partial charge is 0.462 e. The number of para-hydroxylation sites is 1. The van der Waals surface area contributed by atoms with Gasteiger partial charge in [-0.05, 0) is 44.7 Å². The Balaban J connectivity index is 1.56. The average Bonchev–Trinajstić information content (AvgIpc) is 3.36. The van der Waals surface area contributed by atoms with Crippen LogP contribution in [0.1, 0.15) is 27.0 Å². The number of carbonyl (C=O) groups excluding carboxylic acids is 1. The molecule has 1 aliphatic rings. The standard InChI is InChI=1S/C22H27ClFN6O7PS/c1-11(2)35-19(33)12(3)29-38(39,37-13-7-5-4-6-8-13)34-9-14-16(31)22(23,24)20(36-14)30-10-26-15-17(30)27-21(25)28-18(15)32/h4-8,10-12,14,16,20,31H,9H2,1-3H3,(H,29,39)(H3,25,27,28,32)/t12-,14+,16+,20+,22-,38+/m0/s1. The van der Waals surface area contributed by atoms with Crippen molar-refractivity contribution in [1.82, 2.24) is 24.6 Å². The first kappa shape index (κ1) is 29.3. The highest BCUT2D eigenvalue weighted by Gasteiger charge is 2.58. The van der Waals surface area contributed by atoms with Crippen LogP contribution in [0.15, 0.2) is 41.5 Å².